The highest BCUT2D eigenvalue weighted by Crippen LogP contribution is 2.37. The summed E-state index contributed by atoms with van der Waals surface area (Å²) in [4.78, 5) is 25.6. The van der Waals surface area contributed by atoms with Gasteiger partial charge in [0.05, 0.1) is 18.1 Å². The molecule has 0 aromatic carbocycles. The summed E-state index contributed by atoms with van der Waals surface area (Å²) >= 11 is 1.35. The Hall–Kier alpha value is -0.260. The van der Waals surface area contributed by atoms with Gasteiger partial charge in [-0.05, 0) is 12.1 Å². The molecular weight excluding hydrogens is 489 g/mol. The van der Waals surface area contributed by atoms with Crippen LogP contribution in [0.2, 0.25) is 0 Å². The molecule has 24 heavy (non-hydrogen) atoms. The largest absolute Gasteiger partial charge is 0.446 e. The van der Waals surface area contributed by atoms with Gasteiger partial charge in [0.2, 0.25) is 5.50 Å². The summed E-state index contributed by atoms with van der Waals surface area (Å²) in [5.41, 5.74) is 5.95. The molecule has 12 heteroatoms. The summed E-state index contributed by atoms with van der Waals surface area (Å²) in [6, 6.07) is 2.77. The minimum Gasteiger partial charge on any atom is -0.446 e. The van der Waals surface area contributed by atoms with Gasteiger partial charge in [-0.15, -0.1) is 45.3 Å². The number of halogens is 2. The minimum absolute atomic E-state index is 0. The van der Waals surface area contributed by atoms with E-state index in [4.69, 9.17) is 24.7 Å². The maximum absolute atomic E-state index is 11.2. The smallest absolute Gasteiger partial charge is 0.391 e. The zero-order valence-corrected chi connectivity index (χ0v) is 17.6. The number of aromatic nitrogens is 1. The lowest BCUT2D eigenvalue weighted by molar-refractivity contribution is 0.0346. The van der Waals surface area contributed by atoms with Crippen molar-refractivity contribution in [3.8, 4) is 11.5 Å². The van der Waals surface area contributed by atoms with Crippen molar-refractivity contribution >= 4 is 63.5 Å². The zero-order valence-electron chi connectivity index (χ0n) is 12.5. The Morgan fingerprint density at radius 3 is 2.54 bits per heavy atom. The highest BCUT2D eigenvalue weighted by atomic mass is 79.9. The number of hydrogen-bond acceptors (Lipinski definition) is 7. The lowest BCUT2D eigenvalue weighted by atomic mass is 10.2. The number of hydrogen-bond donors (Lipinski definition) is 3. The van der Waals surface area contributed by atoms with Crippen LogP contribution in [0.25, 0.3) is 11.5 Å². The first-order valence-electron chi connectivity index (χ1n) is 6.65. The molecule has 1 saturated heterocycles. The van der Waals surface area contributed by atoms with Crippen LogP contribution in [-0.4, -0.2) is 46.0 Å². The van der Waals surface area contributed by atoms with Crippen LogP contribution in [0, 0.1) is 0 Å². The topological polar surface area (TPSA) is 122 Å². The summed E-state index contributed by atoms with van der Waals surface area (Å²) < 4.78 is 21.8. The third kappa shape index (κ3) is 5.12. The van der Waals surface area contributed by atoms with Crippen LogP contribution in [0.1, 0.15) is 4.88 Å². The van der Waals surface area contributed by atoms with E-state index in [-0.39, 0.29) is 39.5 Å². The maximum atomic E-state index is 11.2. The van der Waals surface area contributed by atoms with E-state index < -0.39 is 7.60 Å². The van der Waals surface area contributed by atoms with Crippen molar-refractivity contribution in [1.29, 1.82) is 0 Å². The number of nitrogen functional groups attached to an aromatic ring is 1. The van der Waals surface area contributed by atoms with Crippen LogP contribution in [0.15, 0.2) is 16.5 Å². The third-order valence-electron chi connectivity index (χ3n) is 3.30. The predicted molar refractivity (Wildman–Crippen MR) is 103 cm³/mol. The van der Waals surface area contributed by atoms with Crippen LogP contribution in [0.5, 0.6) is 0 Å². The molecule has 3 heterocycles. The molecule has 1 aliphatic rings. The third-order valence-corrected chi connectivity index (χ3v) is 4.98. The van der Waals surface area contributed by atoms with Crippen molar-refractivity contribution in [2.75, 3.05) is 32.0 Å². The molecule has 0 saturated carbocycles. The minimum atomic E-state index is -4.41. The molecule has 136 valence electrons. The number of nitrogens with two attached hydrogens (primary N) is 1. The van der Waals surface area contributed by atoms with E-state index in [0.717, 1.165) is 18.0 Å². The van der Waals surface area contributed by atoms with Gasteiger partial charge in [0.15, 0.2) is 10.9 Å². The Balaban J connectivity index is 0.00000144. The SMILES string of the molecule is Br.Br.Nc1nc(-c2ccc(P(=O)(O)O)o2)c(CN2CCOCC2)s1. The van der Waals surface area contributed by atoms with E-state index in [0.29, 0.717) is 36.3 Å². The molecule has 1 fully saturated rings. The van der Waals surface area contributed by atoms with Crippen LogP contribution in [0.4, 0.5) is 5.13 Å². The molecule has 3 rings (SSSR count). The Labute approximate surface area is 163 Å². The molecule has 2 aromatic heterocycles. The van der Waals surface area contributed by atoms with E-state index in [1.54, 1.807) is 0 Å². The van der Waals surface area contributed by atoms with Crippen LogP contribution < -0.4 is 11.2 Å². The summed E-state index contributed by atoms with van der Waals surface area (Å²) in [5, 5.41) is 0.396. The van der Waals surface area contributed by atoms with Crippen LogP contribution in [-0.2, 0) is 15.8 Å². The Morgan fingerprint density at radius 2 is 1.96 bits per heavy atom. The Bertz CT molecular complexity index is 713. The number of ether oxygens (including phenoxy) is 1. The number of rotatable bonds is 4. The van der Waals surface area contributed by atoms with Gasteiger partial charge in [-0.1, -0.05) is 0 Å². The van der Waals surface area contributed by atoms with Crippen molar-refractivity contribution in [2.45, 2.75) is 6.54 Å². The zero-order chi connectivity index (χ0) is 15.7. The van der Waals surface area contributed by atoms with Crippen molar-refractivity contribution in [1.82, 2.24) is 9.88 Å². The highest BCUT2D eigenvalue weighted by molar-refractivity contribution is 8.93. The lowest BCUT2D eigenvalue weighted by Gasteiger charge is -2.26. The lowest BCUT2D eigenvalue weighted by Crippen LogP contribution is -2.35. The summed E-state index contributed by atoms with van der Waals surface area (Å²) in [6.07, 6.45) is 0. The number of nitrogens with zero attached hydrogens (tertiary/aromatic N) is 2. The Morgan fingerprint density at radius 1 is 1.29 bits per heavy atom. The van der Waals surface area contributed by atoms with Crippen LogP contribution in [0.3, 0.4) is 0 Å². The van der Waals surface area contributed by atoms with Crippen molar-refractivity contribution < 1.29 is 23.5 Å². The molecule has 1 aliphatic heterocycles. The fraction of sp³-hybridized carbons (Fsp3) is 0.417. The van der Waals surface area contributed by atoms with Crippen LogP contribution >= 0.6 is 52.9 Å². The molecule has 0 spiro atoms. The van der Waals surface area contributed by atoms with E-state index >= 15 is 0 Å². The fourth-order valence-corrected chi connectivity index (χ4v) is 3.61. The number of thiazole rings is 1. The van der Waals surface area contributed by atoms with E-state index in [1.807, 2.05) is 0 Å². The molecule has 0 bridgehead atoms. The maximum Gasteiger partial charge on any atom is 0.391 e. The van der Waals surface area contributed by atoms with E-state index in [9.17, 15) is 4.57 Å². The normalized spacial score (nSPS) is 15.6. The number of anilines is 1. The van der Waals surface area contributed by atoms with E-state index in [1.165, 1.54) is 23.5 Å². The second-order valence-electron chi connectivity index (χ2n) is 4.89. The highest BCUT2D eigenvalue weighted by Gasteiger charge is 2.25. The van der Waals surface area contributed by atoms with Gasteiger partial charge in [0, 0.05) is 19.6 Å². The quantitative estimate of drug-likeness (QED) is 0.536. The fourth-order valence-electron chi connectivity index (χ4n) is 2.24. The molecule has 8 nitrogen and oxygen atoms in total. The second kappa shape index (κ2) is 8.91. The first kappa shape index (κ1) is 21.8. The molecular formula is C12H18Br2N3O5PS. The monoisotopic (exact) mass is 505 g/mol. The van der Waals surface area contributed by atoms with Gasteiger partial charge in [0.1, 0.15) is 5.69 Å². The molecule has 0 radical (unpaired) electrons. The van der Waals surface area contributed by atoms with Gasteiger partial charge in [-0.3, -0.25) is 9.46 Å². The Kier molecular flexibility index (Phi) is 8.08. The molecule has 0 atom stereocenters. The standard InChI is InChI=1S/C12H16N3O5PS.2BrH/c13-12-14-11(8-1-2-10(20-8)21(16,17)18)9(22-12)7-15-3-5-19-6-4-15;;/h1-2H,3-7H2,(H2,13,14)(H2,16,17,18);2*1H. The molecule has 4 N–H and O–H groups in total. The average molecular weight is 507 g/mol. The predicted octanol–water partition coefficient (Wildman–Crippen LogP) is 1.78. The molecule has 0 aliphatic carbocycles. The van der Waals surface area contributed by atoms with Crippen molar-refractivity contribution in [3.63, 3.8) is 0 Å². The first-order chi connectivity index (χ1) is 10.4. The van der Waals surface area contributed by atoms with Crippen molar-refractivity contribution in [2.24, 2.45) is 0 Å². The number of furan rings is 1. The van der Waals surface area contributed by atoms with Crippen molar-refractivity contribution in [3.05, 3.63) is 17.0 Å². The first-order valence-corrected chi connectivity index (χ1v) is 9.08. The van der Waals surface area contributed by atoms with Gasteiger partial charge in [-0.25, -0.2) is 4.98 Å². The molecule has 2 aromatic rings. The molecule has 0 unspecified atom stereocenters. The summed E-state index contributed by atoms with van der Waals surface area (Å²) in [7, 11) is -4.41. The number of morpholine rings is 1. The van der Waals surface area contributed by atoms with Gasteiger partial charge >= 0.3 is 7.60 Å². The summed E-state index contributed by atoms with van der Waals surface area (Å²) in [5.74, 6) is 0.314. The average Bonchev–Trinajstić information content (AvgIpc) is 3.06. The van der Waals surface area contributed by atoms with Gasteiger partial charge < -0.3 is 24.7 Å². The summed E-state index contributed by atoms with van der Waals surface area (Å²) in [6.45, 7) is 3.67. The van der Waals surface area contributed by atoms with Gasteiger partial charge in [0.25, 0.3) is 0 Å². The molecule has 0 amide bonds. The second-order valence-corrected chi connectivity index (χ2v) is 7.54. The van der Waals surface area contributed by atoms with E-state index in [2.05, 4.69) is 9.88 Å². The van der Waals surface area contributed by atoms with Gasteiger partial charge in [-0.2, -0.15) is 0 Å².